The molecule has 1 amide bonds. The number of methoxy groups -OCH3 is 1. The number of aliphatic imine (C=N–C) groups is 1. The molecule has 1 aliphatic rings. The molecule has 0 radical (unpaired) electrons. The Morgan fingerprint density at radius 2 is 1.80 bits per heavy atom. The van der Waals surface area contributed by atoms with E-state index in [9.17, 15) is 29.4 Å². The highest BCUT2D eigenvalue weighted by Crippen LogP contribution is 2.42. The average molecular weight is 641 g/mol. The summed E-state index contributed by atoms with van der Waals surface area (Å²) < 4.78 is 25.6. The van der Waals surface area contributed by atoms with Gasteiger partial charge in [-0.2, -0.15) is 0 Å². The maximum Gasteiger partial charge on any atom is 0.410 e. The van der Waals surface area contributed by atoms with Gasteiger partial charge in [0.25, 0.3) is 0 Å². The Labute approximate surface area is 261 Å². The number of alkyl carbamates (subject to hydrolysis) is 1. The van der Waals surface area contributed by atoms with Crippen LogP contribution >= 0.6 is 11.6 Å². The number of rotatable bonds is 17. The molecule has 0 spiro atoms. The van der Waals surface area contributed by atoms with Crippen LogP contribution in [0.2, 0.25) is 5.02 Å². The van der Waals surface area contributed by atoms with Crippen molar-refractivity contribution in [2.75, 3.05) is 40.3 Å². The van der Waals surface area contributed by atoms with Gasteiger partial charge in [0.1, 0.15) is 5.92 Å². The van der Waals surface area contributed by atoms with E-state index in [2.05, 4.69) is 10.3 Å². The van der Waals surface area contributed by atoms with Crippen LogP contribution in [0.1, 0.15) is 57.9 Å². The molecule has 0 fully saturated rings. The molecule has 244 valence electrons. The van der Waals surface area contributed by atoms with Crippen molar-refractivity contribution in [2.24, 2.45) is 10.9 Å². The Bertz CT molecular complexity index is 1200. The Kier molecular flexibility index (Phi) is 15.8. The lowest BCUT2D eigenvalue weighted by Gasteiger charge is -2.32. The number of halogens is 1. The van der Waals surface area contributed by atoms with Crippen LogP contribution in [0.3, 0.4) is 0 Å². The Balaban J connectivity index is 1.97. The number of amides is 1. The second kappa shape index (κ2) is 19.0. The summed E-state index contributed by atoms with van der Waals surface area (Å²) >= 11 is 6.49. The molecular formula is C30H41ClN2O11. The van der Waals surface area contributed by atoms with Crippen LogP contribution in [0.4, 0.5) is 4.79 Å². The summed E-state index contributed by atoms with van der Waals surface area (Å²) in [6.07, 6.45) is -1.71. The lowest BCUT2D eigenvalue weighted by Crippen LogP contribution is -2.37. The van der Waals surface area contributed by atoms with Crippen LogP contribution in [0.5, 0.6) is 0 Å². The van der Waals surface area contributed by atoms with E-state index in [-0.39, 0.29) is 50.5 Å². The van der Waals surface area contributed by atoms with Crippen molar-refractivity contribution < 1.29 is 53.1 Å². The zero-order chi connectivity index (χ0) is 32.6. The first-order valence-electron chi connectivity index (χ1n) is 14.3. The van der Waals surface area contributed by atoms with Crippen LogP contribution in [0.25, 0.3) is 0 Å². The van der Waals surface area contributed by atoms with Crippen LogP contribution in [0.15, 0.2) is 40.5 Å². The molecule has 0 aliphatic carbocycles. The van der Waals surface area contributed by atoms with E-state index in [0.29, 0.717) is 22.7 Å². The predicted molar refractivity (Wildman–Crippen MR) is 159 cm³/mol. The molecule has 0 bridgehead atoms. The van der Waals surface area contributed by atoms with E-state index in [1.165, 1.54) is 7.11 Å². The second-order valence-electron chi connectivity index (χ2n) is 9.92. The number of nitrogens with one attached hydrogen (secondary N) is 1. The number of aliphatic hydroxyl groups excluding tert-OH is 2. The van der Waals surface area contributed by atoms with Gasteiger partial charge in [-0.1, -0.05) is 43.1 Å². The van der Waals surface area contributed by atoms with E-state index in [1.807, 2.05) is 6.92 Å². The fourth-order valence-electron chi connectivity index (χ4n) is 4.68. The van der Waals surface area contributed by atoms with Crippen LogP contribution in [-0.2, 0) is 38.1 Å². The number of ether oxygens (including phenoxy) is 5. The minimum atomic E-state index is -1.07. The van der Waals surface area contributed by atoms with Gasteiger partial charge < -0.3 is 39.2 Å². The van der Waals surface area contributed by atoms with Crippen molar-refractivity contribution in [3.05, 3.63) is 46.1 Å². The van der Waals surface area contributed by atoms with Gasteiger partial charge in [0.05, 0.1) is 56.8 Å². The number of nitrogens with zero attached hydrogens (tertiary/aromatic N) is 1. The summed E-state index contributed by atoms with van der Waals surface area (Å²) in [5.41, 5.74) is 1.27. The monoisotopic (exact) mass is 640 g/mol. The van der Waals surface area contributed by atoms with Crippen LogP contribution < -0.4 is 5.32 Å². The Hall–Kier alpha value is -3.52. The van der Waals surface area contributed by atoms with Gasteiger partial charge in [-0.25, -0.2) is 9.59 Å². The van der Waals surface area contributed by atoms with Crippen molar-refractivity contribution in [1.82, 2.24) is 5.32 Å². The molecule has 3 N–H and O–H groups in total. The highest BCUT2D eigenvalue weighted by Gasteiger charge is 2.43. The molecule has 0 saturated carbocycles. The maximum atomic E-state index is 13.2. The number of carbonyl (C=O) groups is 4. The molecule has 0 aromatic heterocycles. The normalized spacial score (nSPS) is 17.7. The molecule has 1 aromatic carbocycles. The molecule has 1 aromatic rings. The Morgan fingerprint density at radius 3 is 2.45 bits per heavy atom. The fourth-order valence-corrected chi connectivity index (χ4v) is 4.94. The van der Waals surface area contributed by atoms with Crippen molar-refractivity contribution in [2.45, 2.75) is 64.6 Å². The molecule has 1 aliphatic heterocycles. The largest absolute Gasteiger partial charge is 0.468 e. The summed E-state index contributed by atoms with van der Waals surface area (Å²) in [6.45, 7) is 4.47. The summed E-state index contributed by atoms with van der Waals surface area (Å²) in [4.78, 5) is 54.2. The third kappa shape index (κ3) is 11.2. The van der Waals surface area contributed by atoms with E-state index >= 15 is 0 Å². The SMILES string of the molecule is CCC[C@@H](O)C[C@@H](O)CC(=O)OCOC(=O)NCCOCC1=C(C(=O)OCC)C(c2ccccc2Cl)C(C(=O)OC)C(C)=N1. The third-order valence-electron chi connectivity index (χ3n) is 6.64. The summed E-state index contributed by atoms with van der Waals surface area (Å²) in [5, 5.41) is 22.3. The van der Waals surface area contributed by atoms with Gasteiger partial charge in [0.15, 0.2) is 0 Å². The molecular weight excluding hydrogens is 600 g/mol. The van der Waals surface area contributed by atoms with Gasteiger partial charge >= 0.3 is 24.0 Å². The molecule has 4 atom stereocenters. The highest BCUT2D eigenvalue weighted by molar-refractivity contribution is 6.31. The van der Waals surface area contributed by atoms with Crippen LogP contribution in [-0.4, -0.2) is 92.4 Å². The van der Waals surface area contributed by atoms with Gasteiger partial charge in [-0.15, -0.1) is 0 Å². The molecule has 2 unspecified atom stereocenters. The number of aliphatic hydroxyl groups is 2. The zero-order valence-corrected chi connectivity index (χ0v) is 26.1. The first-order chi connectivity index (χ1) is 21.0. The first-order valence-corrected chi connectivity index (χ1v) is 14.7. The summed E-state index contributed by atoms with van der Waals surface area (Å²) in [6, 6.07) is 6.84. The number of benzene rings is 1. The standard InChI is InChI=1S/C30H41ClN2O11/c1-5-9-19(34)14-20(35)15-24(36)43-17-44-30(39)32-12-13-41-16-23-27(29(38)42-6-2)26(21-10-7-8-11-22(21)31)25(18(3)33-23)28(37)40-4/h7-8,10-11,19-20,25-26,34-35H,5-6,9,12-17H2,1-4H3,(H,32,39)/t19-,20-,25?,26?/m1/s1. The van der Waals surface area contributed by atoms with Gasteiger partial charge in [-0.05, 0) is 38.3 Å². The number of hydrogen-bond acceptors (Lipinski definition) is 12. The fraction of sp³-hybridized carbons (Fsp3) is 0.567. The van der Waals surface area contributed by atoms with Gasteiger partial charge in [0, 0.05) is 23.2 Å². The molecule has 14 heteroatoms. The van der Waals surface area contributed by atoms with Crippen molar-refractivity contribution >= 4 is 41.3 Å². The van der Waals surface area contributed by atoms with E-state index in [1.54, 1.807) is 38.1 Å². The third-order valence-corrected chi connectivity index (χ3v) is 6.98. The molecule has 44 heavy (non-hydrogen) atoms. The minimum Gasteiger partial charge on any atom is -0.468 e. The Morgan fingerprint density at radius 1 is 1.07 bits per heavy atom. The van der Waals surface area contributed by atoms with Crippen molar-refractivity contribution in [3.8, 4) is 0 Å². The molecule has 1 heterocycles. The van der Waals surface area contributed by atoms with Crippen molar-refractivity contribution in [1.29, 1.82) is 0 Å². The number of esters is 3. The quantitative estimate of drug-likeness (QED) is 0.0986. The maximum absolute atomic E-state index is 13.2. The minimum absolute atomic E-state index is 0.00422. The van der Waals surface area contributed by atoms with Gasteiger partial charge in [-0.3, -0.25) is 14.6 Å². The second-order valence-corrected chi connectivity index (χ2v) is 10.3. The predicted octanol–water partition coefficient (Wildman–Crippen LogP) is 3.05. The van der Waals surface area contributed by atoms with Crippen molar-refractivity contribution in [3.63, 3.8) is 0 Å². The first kappa shape index (κ1) is 36.7. The summed E-state index contributed by atoms with van der Waals surface area (Å²) in [7, 11) is 1.25. The van der Waals surface area contributed by atoms with Crippen LogP contribution in [0, 0.1) is 5.92 Å². The molecule has 13 nitrogen and oxygen atoms in total. The highest BCUT2D eigenvalue weighted by atomic mass is 35.5. The zero-order valence-electron chi connectivity index (χ0n) is 25.4. The number of carbonyl (C=O) groups excluding carboxylic acids is 4. The van der Waals surface area contributed by atoms with E-state index in [4.69, 9.17) is 35.3 Å². The number of hydrogen-bond donors (Lipinski definition) is 3. The lowest BCUT2D eigenvalue weighted by molar-refractivity contribution is -0.154. The molecule has 2 rings (SSSR count). The average Bonchev–Trinajstić information content (AvgIpc) is 2.96. The van der Waals surface area contributed by atoms with Gasteiger partial charge in [0.2, 0.25) is 6.79 Å². The molecule has 0 saturated heterocycles. The topological polar surface area (TPSA) is 179 Å². The van der Waals surface area contributed by atoms with E-state index < -0.39 is 54.8 Å². The lowest BCUT2D eigenvalue weighted by atomic mass is 9.75. The van der Waals surface area contributed by atoms with E-state index in [0.717, 1.165) is 6.42 Å². The smallest absolute Gasteiger partial charge is 0.410 e. The summed E-state index contributed by atoms with van der Waals surface area (Å²) in [5.74, 6) is -3.82.